The van der Waals surface area contributed by atoms with Crippen molar-refractivity contribution in [3.8, 4) is 0 Å². The lowest BCUT2D eigenvalue weighted by Gasteiger charge is -2.38. The first-order valence-electron chi connectivity index (χ1n) is 5.24. The smallest absolute Gasteiger partial charge is 0.412 e. The summed E-state index contributed by atoms with van der Waals surface area (Å²) in [5.74, 6) is 0. The van der Waals surface area contributed by atoms with Crippen molar-refractivity contribution >= 4 is 6.09 Å². The molecule has 0 aliphatic carbocycles. The lowest BCUT2D eigenvalue weighted by Crippen LogP contribution is -2.52. The fraction of sp³-hybridized carbons (Fsp3) is 0.900. The van der Waals surface area contributed by atoms with Crippen LogP contribution in [-0.2, 0) is 4.74 Å². The van der Waals surface area contributed by atoms with E-state index in [9.17, 15) is 4.79 Å². The predicted octanol–water partition coefficient (Wildman–Crippen LogP) is 0.535. The Labute approximate surface area is 90.4 Å². The van der Waals surface area contributed by atoms with Crippen LogP contribution >= 0.6 is 0 Å². The lowest BCUT2D eigenvalue weighted by molar-refractivity contribution is -0.00374. The van der Waals surface area contributed by atoms with Gasteiger partial charge < -0.3 is 15.2 Å². The number of carbonyl (C=O) groups excluding carboxylic acids is 1. The molecule has 1 saturated heterocycles. The van der Waals surface area contributed by atoms with E-state index in [1.165, 1.54) is 0 Å². The molecule has 0 unspecified atom stereocenters. The van der Waals surface area contributed by atoms with Gasteiger partial charge in [-0.3, -0.25) is 4.90 Å². The number of hydrogen-bond acceptors (Lipinski definition) is 4. The first kappa shape index (κ1) is 12.3. The molecule has 1 fully saturated rings. The molecule has 0 bridgehead atoms. The van der Waals surface area contributed by atoms with Crippen molar-refractivity contribution in [1.82, 2.24) is 10.2 Å². The van der Waals surface area contributed by atoms with Crippen LogP contribution in [0, 0.1) is 0 Å². The van der Waals surface area contributed by atoms with Crippen LogP contribution in [0.25, 0.3) is 0 Å². The van der Waals surface area contributed by atoms with E-state index in [1.54, 1.807) is 4.90 Å². The number of aliphatic hydroxyl groups excluding tert-OH is 1. The number of carbonyl (C=O) groups is 1. The van der Waals surface area contributed by atoms with E-state index >= 15 is 0 Å². The summed E-state index contributed by atoms with van der Waals surface area (Å²) in [5.41, 5.74) is -0.289. The van der Waals surface area contributed by atoms with Gasteiger partial charge in [0.15, 0.2) is 6.79 Å². The Morgan fingerprint density at radius 3 is 2.67 bits per heavy atom. The number of hydrogen-bond donors (Lipinski definition) is 2. The molecule has 0 spiro atoms. The number of nitrogens with one attached hydrogen (secondary N) is 1. The average molecular weight is 216 g/mol. The van der Waals surface area contributed by atoms with Gasteiger partial charge in [-0.25, -0.2) is 4.79 Å². The Morgan fingerprint density at radius 1 is 1.60 bits per heavy atom. The van der Waals surface area contributed by atoms with Crippen LogP contribution in [0.4, 0.5) is 4.79 Å². The van der Waals surface area contributed by atoms with Crippen LogP contribution in [-0.4, -0.2) is 47.6 Å². The van der Waals surface area contributed by atoms with Gasteiger partial charge in [0.1, 0.15) is 0 Å². The largest absolute Gasteiger partial charge is 0.422 e. The van der Waals surface area contributed by atoms with E-state index in [0.717, 1.165) is 19.5 Å². The maximum Gasteiger partial charge on any atom is 0.412 e. The Kier molecular flexibility index (Phi) is 3.93. The van der Waals surface area contributed by atoms with Crippen molar-refractivity contribution in [3.05, 3.63) is 0 Å². The van der Waals surface area contributed by atoms with Crippen LogP contribution in [0.2, 0.25) is 0 Å². The van der Waals surface area contributed by atoms with E-state index in [1.807, 2.05) is 20.8 Å². The zero-order valence-electron chi connectivity index (χ0n) is 9.62. The van der Waals surface area contributed by atoms with Crippen LogP contribution in [0.15, 0.2) is 0 Å². The van der Waals surface area contributed by atoms with Crippen molar-refractivity contribution in [2.75, 3.05) is 19.9 Å². The minimum absolute atomic E-state index is 0.157. The molecule has 5 heteroatoms. The minimum atomic E-state index is -0.564. The summed E-state index contributed by atoms with van der Waals surface area (Å²) in [6, 6.07) is 0.157. The highest BCUT2D eigenvalue weighted by Crippen LogP contribution is 2.21. The van der Waals surface area contributed by atoms with Gasteiger partial charge in [0.05, 0.1) is 0 Å². The molecule has 1 amide bonds. The second-order valence-electron chi connectivity index (χ2n) is 4.73. The number of aliphatic hydroxyl groups is 1. The number of nitrogens with zero attached hydrogens (tertiary/aromatic N) is 1. The van der Waals surface area contributed by atoms with Crippen LogP contribution in [0.5, 0.6) is 0 Å². The second-order valence-corrected chi connectivity index (χ2v) is 4.73. The molecular formula is C10H20N2O3. The Morgan fingerprint density at radius 2 is 2.27 bits per heavy atom. The second kappa shape index (κ2) is 4.81. The molecule has 1 heterocycles. The van der Waals surface area contributed by atoms with Crippen LogP contribution in [0.1, 0.15) is 27.2 Å². The van der Waals surface area contributed by atoms with Gasteiger partial charge in [-0.05, 0) is 33.7 Å². The standard InChI is InChI=1S/C10H20N2O3/c1-10(2,3)12(9(14)15-7-13)8-4-5-11-6-8/h8,11,13H,4-7H2,1-3H3/t8-/m1/s1. The highest BCUT2D eigenvalue weighted by atomic mass is 16.6. The van der Waals surface area contributed by atoms with Crippen molar-refractivity contribution in [2.45, 2.75) is 38.8 Å². The molecule has 1 aliphatic rings. The summed E-state index contributed by atoms with van der Waals surface area (Å²) in [5, 5.41) is 11.8. The molecule has 1 rings (SSSR count). The normalized spacial score (nSPS) is 21.5. The van der Waals surface area contributed by atoms with E-state index < -0.39 is 12.9 Å². The number of ether oxygens (including phenoxy) is 1. The molecule has 0 aromatic heterocycles. The maximum atomic E-state index is 11.7. The van der Waals surface area contributed by atoms with Crippen molar-refractivity contribution < 1.29 is 14.6 Å². The van der Waals surface area contributed by atoms with E-state index in [-0.39, 0.29) is 11.6 Å². The van der Waals surface area contributed by atoms with Gasteiger partial charge in [0.2, 0.25) is 0 Å². The third-order valence-corrected chi connectivity index (χ3v) is 2.51. The zero-order valence-corrected chi connectivity index (χ0v) is 9.62. The van der Waals surface area contributed by atoms with Gasteiger partial charge in [-0.2, -0.15) is 0 Å². The molecule has 15 heavy (non-hydrogen) atoms. The quantitative estimate of drug-likeness (QED) is 0.661. The predicted molar refractivity (Wildman–Crippen MR) is 56.4 cm³/mol. The maximum absolute atomic E-state index is 11.7. The SMILES string of the molecule is CC(C)(C)N(C(=O)OCO)[C@@H]1CCNC1. The first-order valence-corrected chi connectivity index (χ1v) is 5.24. The minimum Gasteiger partial charge on any atom is -0.422 e. The summed E-state index contributed by atoms with van der Waals surface area (Å²) in [6.45, 7) is 7.03. The average Bonchev–Trinajstić information content (AvgIpc) is 2.55. The van der Waals surface area contributed by atoms with Crippen LogP contribution in [0.3, 0.4) is 0 Å². The highest BCUT2D eigenvalue weighted by molar-refractivity contribution is 5.69. The molecule has 88 valence electrons. The van der Waals surface area contributed by atoms with E-state index in [4.69, 9.17) is 5.11 Å². The Hall–Kier alpha value is -0.810. The number of rotatable bonds is 2. The summed E-state index contributed by atoms with van der Waals surface area (Å²) in [6.07, 6.45) is 0.483. The molecule has 1 atom stereocenters. The van der Waals surface area contributed by atoms with E-state index in [2.05, 4.69) is 10.1 Å². The Bertz CT molecular complexity index is 219. The third-order valence-electron chi connectivity index (χ3n) is 2.51. The molecule has 1 aliphatic heterocycles. The van der Waals surface area contributed by atoms with Gasteiger partial charge in [-0.1, -0.05) is 0 Å². The molecule has 5 nitrogen and oxygen atoms in total. The summed E-state index contributed by atoms with van der Waals surface area (Å²) in [7, 11) is 0. The third kappa shape index (κ3) is 3.07. The van der Waals surface area contributed by atoms with Crippen molar-refractivity contribution in [3.63, 3.8) is 0 Å². The van der Waals surface area contributed by atoms with Gasteiger partial charge in [0, 0.05) is 18.1 Å². The van der Waals surface area contributed by atoms with Crippen molar-refractivity contribution in [1.29, 1.82) is 0 Å². The van der Waals surface area contributed by atoms with Gasteiger partial charge in [0.25, 0.3) is 0 Å². The first-order chi connectivity index (χ1) is 6.96. The van der Waals surface area contributed by atoms with E-state index in [0.29, 0.717) is 0 Å². The van der Waals surface area contributed by atoms with Gasteiger partial charge in [-0.15, -0.1) is 0 Å². The molecule has 0 aromatic rings. The Balaban J connectivity index is 2.72. The fourth-order valence-corrected chi connectivity index (χ4v) is 1.96. The number of amides is 1. The topological polar surface area (TPSA) is 61.8 Å². The van der Waals surface area contributed by atoms with Crippen LogP contribution < -0.4 is 5.32 Å². The molecule has 0 radical (unpaired) electrons. The highest BCUT2D eigenvalue weighted by Gasteiger charge is 2.35. The fourth-order valence-electron chi connectivity index (χ4n) is 1.96. The molecular weight excluding hydrogens is 196 g/mol. The monoisotopic (exact) mass is 216 g/mol. The molecule has 0 aromatic carbocycles. The summed E-state index contributed by atoms with van der Waals surface area (Å²) in [4.78, 5) is 13.4. The van der Waals surface area contributed by atoms with Gasteiger partial charge >= 0.3 is 6.09 Å². The van der Waals surface area contributed by atoms with Crippen molar-refractivity contribution in [2.24, 2.45) is 0 Å². The molecule has 2 N–H and O–H groups in total. The molecule has 0 saturated carbocycles. The zero-order chi connectivity index (χ0) is 11.5. The summed E-state index contributed by atoms with van der Waals surface area (Å²) < 4.78 is 4.66. The summed E-state index contributed by atoms with van der Waals surface area (Å²) >= 11 is 0. The lowest BCUT2D eigenvalue weighted by atomic mass is 10.0.